The molecule has 1 saturated heterocycles. The summed E-state index contributed by atoms with van der Waals surface area (Å²) >= 11 is 0. The van der Waals surface area contributed by atoms with Crippen molar-refractivity contribution < 1.29 is 29.2 Å². The minimum atomic E-state index is -1.26. The van der Waals surface area contributed by atoms with Gasteiger partial charge in [0, 0.05) is 0 Å². The Bertz CT molecular complexity index is 937. The van der Waals surface area contributed by atoms with Gasteiger partial charge in [-0.2, -0.15) is 0 Å². The quantitative estimate of drug-likeness (QED) is 0.493. The van der Waals surface area contributed by atoms with Crippen molar-refractivity contribution in [2.75, 3.05) is 6.61 Å². The summed E-state index contributed by atoms with van der Waals surface area (Å²) in [7, 11) is 0. The maximum Gasteiger partial charge on any atom is 0.184 e. The van der Waals surface area contributed by atoms with Gasteiger partial charge in [0.05, 0.1) is 26.4 Å². The lowest BCUT2D eigenvalue weighted by molar-refractivity contribution is -0.315. The summed E-state index contributed by atoms with van der Waals surface area (Å²) in [5, 5.41) is 20.7. The Morgan fingerprint density at radius 1 is 0.576 bits per heavy atom. The molecule has 0 amide bonds. The number of hydrogen-bond donors (Lipinski definition) is 2. The van der Waals surface area contributed by atoms with Crippen LogP contribution in [0, 0.1) is 0 Å². The lowest BCUT2D eigenvalue weighted by Gasteiger charge is -2.44. The zero-order valence-electron chi connectivity index (χ0n) is 18.4. The fraction of sp³-hybridized carbons (Fsp3) is 0.333. The van der Waals surface area contributed by atoms with E-state index in [-0.39, 0.29) is 13.2 Å². The maximum absolute atomic E-state index is 10.7. The third-order valence-corrected chi connectivity index (χ3v) is 5.65. The van der Waals surface area contributed by atoms with E-state index in [1.54, 1.807) is 0 Å². The van der Waals surface area contributed by atoms with Crippen molar-refractivity contribution in [3.05, 3.63) is 108 Å². The van der Waals surface area contributed by atoms with Crippen molar-refractivity contribution in [2.45, 2.75) is 50.5 Å². The molecule has 3 aromatic carbocycles. The highest BCUT2D eigenvalue weighted by molar-refractivity contribution is 5.15. The Hall–Kier alpha value is -2.58. The van der Waals surface area contributed by atoms with E-state index in [1.807, 2.05) is 91.0 Å². The molecule has 0 bridgehead atoms. The second kappa shape index (κ2) is 12.0. The van der Waals surface area contributed by atoms with Crippen LogP contribution < -0.4 is 0 Å². The predicted molar refractivity (Wildman–Crippen MR) is 123 cm³/mol. The zero-order chi connectivity index (χ0) is 22.9. The smallest absolute Gasteiger partial charge is 0.184 e. The molecule has 5 atom stereocenters. The fourth-order valence-corrected chi connectivity index (χ4v) is 3.91. The zero-order valence-corrected chi connectivity index (χ0v) is 18.4. The SMILES string of the molecule is OCC1O[C@H](O)C(OCc2ccccc2)[C@@H](OCc2ccccc2)[C@@H]1OCc1ccccc1. The summed E-state index contributed by atoms with van der Waals surface area (Å²) < 4.78 is 24.3. The lowest BCUT2D eigenvalue weighted by Crippen LogP contribution is -2.61. The van der Waals surface area contributed by atoms with Gasteiger partial charge in [0.15, 0.2) is 6.29 Å². The molecule has 2 N–H and O–H groups in total. The molecule has 0 aliphatic carbocycles. The van der Waals surface area contributed by atoms with Crippen molar-refractivity contribution >= 4 is 0 Å². The average Bonchev–Trinajstić information content (AvgIpc) is 2.87. The molecular formula is C27H30O6. The predicted octanol–water partition coefficient (Wildman–Crippen LogP) is 3.45. The Labute approximate surface area is 194 Å². The van der Waals surface area contributed by atoms with Crippen LogP contribution in [0.25, 0.3) is 0 Å². The molecule has 0 saturated carbocycles. The molecule has 1 aliphatic rings. The second-order valence-corrected chi connectivity index (χ2v) is 8.03. The van der Waals surface area contributed by atoms with Gasteiger partial charge >= 0.3 is 0 Å². The Kier molecular flexibility index (Phi) is 8.60. The first-order valence-corrected chi connectivity index (χ1v) is 11.2. The van der Waals surface area contributed by atoms with Gasteiger partial charge in [0.25, 0.3) is 0 Å². The van der Waals surface area contributed by atoms with Gasteiger partial charge in [0.1, 0.15) is 24.4 Å². The van der Waals surface area contributed by atoms with E-state index in [2.05, 4.69) is 0 Å². The summed E-state index contributed by atoms with van der Waals surface area (Å²) in [6.45, 7) is 0.601. The van der Waals surface area contributed by atoms with Crippen LogP contribution in [0.2, 0.25) is 0 Å². The van der Waals surface area contributed by atoms with Gasteiger partial charge in [-0.15, -0.1) is 0 Å². The summed E-state index contributed by atoms with van der Waals surface area (Å²) in [6, 6.07) is 29.3. The van der Waals surface area contributed by atoms with Gasteiger partial charge in [-0.1, -0.05) is 91.0 Å². The first-order chi connectivity index (χ1) is 16.2. The van der Waals surface area contributed by atoms with Crippen molar-refractivity contribution in [3.63, 3.8) is 0 Å². The van der Waals surface area contributed by atoms with Crippen molar-refractivity contribution in [2.24, 2.45) is 0 Å². The number of hydrogen-bond acceptors (Lipinski definition) is 6. The lowest BCUT2D eigenvalue weighted by atomic mass is 9.98. The molecule has 0 spiro atoms. The molecule has 6 heteroatoms. The van der Waals surface area contributed by atoms with Crippen LogP contribution in [-0.2, 0) is 38.8 Å². The minimum absolute atomic E-state index is 0.284. The largest absolute Gasteiger partial charge is 0.394 e. The molecule has 33 heavy (non-hydrogen) atoms. The number of rotatable bonds is 10. The van der Waals surface area contributed by atoms with Crippen LogP contribution in [0.5, 0.6) is 0 Å². The summed E-state index contributed by atoms with van der Waals surface area (Å²) in [5.74, 6) is 0. The first-order valence-electron chi connectivity index (χ1n) is 11.2. The standard InChI is InChI=1S/C27H30O6/c28-16-23-24(30-17-20-10-4-1-5-11-20)25(31-18-21-12-6-2-7-13-21)26(27(29)33-23)32-19-22-14-8-3-9-15-22/h1-15,23-29H,16-19H2/t23?,24-,25+,26?,27+/m1/s1. The topological polar surface area (TPSA) is 77.4 Å². The molecule has 1 heterocycles. The number of ether oxygens (including phenoxy) is 4. The molecule has 2 unspecified atom stereocenters. The van der Waals surface area contributed by atoms with E-state index < -0.39 is 30.7 Å². The van der Waals surface area contributed by atoms with Crippen LogP contribution in [0.3, 0.4) is 0 Å². The molecule has 3 aromatic rings. The normalized spacial score (nSPS) is 25.1. The number of benzene rings is 3. The monoisotopic (exact) mass is 450 g/mol. The van der Waals surface area contributed by atoms with Gasteiger partial charge in [-0.05, 0) is 16.7 Å². The van der Waals surface area contributed by atoms with Gasteiger partial charge in [0.2, 0.25) is 0 Å². The number of aliphatic hydroxyl groups is 2. The molecule has 4 rings (SSSR count). The highest BCUT2D eigenvalue weighted by atomic mass is 16.7. The Morgan fingerprint density at radius 2 is 0.970 bits per heavy atom. The molecule has 0 radical (unpaired) electrons. The van der Waals surface area contributed by atoms with E-state index in [4.69, 9.17) is 18.9 Å². The first kappa shape index (κ1) is 23.6. The van der Waals surface area contributed by atoms with E-state index in [0.29, 0.717) is 13.2 Å². The summed E-state index contributed by atoms with van der Waals surface area (Å²) in [6.07, 6.45) is -4.09. The van der Waals surface area contributed by atoms with E-state index in [0.717, 1.165) is 16.7 Å². The molecule has 0 aromatic heterocycles. The third kappa shape index (κ3) is 6.48. The molecular weight excluding hydrogens is 420 g/mol. The Balaban J connectivity index is 1.53. The summed E-state index contributed by atoms with van der Waals surface area (Å²) in [4.78, 5) is 0. The molecule has 1 fully saturated rings. The molecule has 1 aliphatic heterocycles. The van der Waals surface area contributed by atoms with E-state index >= 15 is 0 Å². The van der Waals surface area contributed by atoms with Crippen molar-refractivity contribution in [1.29, 1.82) is 0 Å². The highest BCUT2D eigenvalue weighted by Gasteiger charge is 2.47. The van der Waals surface area contributed by atoms with Crippen LogP contribution >= 0.6 is 0 Å². The van der Waals surface area contributed by atoms with E-state index in [1.165, 1.54) is 0 Å². The van der Waals surface area contributed by atoms with Crippen molar-refractivity contribution in [1.82, 2.24) is 0 Å². The minimum Gasteiger partial charge on any atom is -0.394 e. The van der Waals surface area contributed by atoms with Crippen molar-refractivity contribution in [3.8, 4) is 0 Å². The van der Waals surface area contributed by atoms with Crippen LogP contribution in [0.15, 0.2) is 91.0 Å². The molecule has 174 valence electrons. The van der Waals surface area contributed by atoms with Gasteiger partial charge < -0.3 is 29.2 Å². The van der Waals surface area contributed by atoms with E-state index in [9.17, 15) is 10.2 Å². The average molecular weight is 451 g/mol. The van der Waals surface area contributed by atoms with Gasteiger partial charge in [-0.25, -0.2) is 0 Å². The second-order valence-electron chi connectivity index (χ2n) is 8.03. The highest BCUT2D eigenvalue weighted by Crippen LogP contribution is 2.29. The third-order valence-electron chi connectivity index (χ3n) is 5.65. The Morgan fingerprint density at radius 3 is 1.39 bits per heavy atom. The van der Waals surface area contributed by atoms with Crippen LogP contribution in [0.1, 0.15) is 16.7 Å². The summed E-state index contributed by atoms with van der Waals surface area (Å²) in [5.41, 5.74) is 2.95. The fourth-order valence-electron chi connectivity index (χ4n) is 3.91. The van der Waals surface area contributed by atoms with Crippen LogP contribution in [0.4, 0.5) is 0 Å². The maximum atomic E-state index is 10.7. The molecule has 6 nitrogen and oxygen atoms in total. The number of aliphatic hydroxyl groups excluding tert-OH is 2. The van der Waals surface area contributed by atoms with Gasteiger partial charge in [-0.3, -0.25) is 0 Å². The van der Waals surface area contributed by atoms with Crippen LogP contribution in [-0.4, -0.2) is 47.5 Å².